The van der Waals surface area contributed by atoms with Gasteiger partial charge in [0.15, 0.2) is 0 Å². The van der Waals surface area contributed by atoms with Gasteiger partial charge in [0.1, 0.15) is 17.8 Å². The molecule has 8 heteroatoms. The zero-order chi connectivity index (χ0) is 19.7. The van der Waals surface area contributed by atoms with Gasteiger partial charge >= 0.3 is 0 Å². The van der Waals surface area contributed by atoms with Crippen LogP contribution in [-0.2, 0) is 16.0 Å². The van der Waals surface area contributed by atoms with Crippen LogP contribution >= 0.6 is 0 Å². The second-order valence-corrected chi connectivity index (χ2v) is 7.82. The van der Waals surface area contributed by atoms with Crippen molar-refractivity contribution in [3.63, 3.8) is 0 Å². The Kier molecular flexibility index (Phi) is 4.99. The number of aliphatic imine (C=N–C) groups is 1. The fourth-order valence-electron chi connectivity index (χ4n) is 3.94. The first-order valence-electron chi connectivity index (χ1n) is 9.81. The molecule has 2 fully saturated rings. The topological polar surface area (TPSA) is 116 Å². The second-order valence-electron chi connectivity index (χ2n) is 7.82. The van der Waals surface area contributed by atoms with Gasteiger partial charge < -0.3 is 15.2 Å². The standard InChI is InChI=1S/C20H23N5O3/c21-11-15(10-14-4-7-23-18(14)26)24-19(27)16(9-12-1-2-12)25-8-5-13-3-6-22-17(13)20(25)28/h5-6,8,12,14-16H,1-4,7,9-10H2,(H,23,26)(H,24,27)/t14-,15-,16-/m0/s1. The number of fused-ring (bicyclic) bond motifs is 1. The molecule has 4 rings (SSSR count). The molecule has 3 atom stereocenters. The van der Waals surface area contributed by atoms with Crippen molar-refractivity contribution < 1.29 is 9.59 Å². The number of nitriles is 1. The first kappa shape index (κ1) is 18.4. The highest BCUT2D eigenvalue weighted by atomic mass is 16.2. The number of rotatable bonds is 7. The molecule has 2 N–H and O–H groups in total. The van der Waals surface area contributed by atoms with Gasteiger partial charge in [-0.25, -0.2) is 0 Å². The minimum Gasteiger partial charge on any atom is -0.356 e. The Morgan fingerprint density at radius 1 is 1.36 bits per heavy atom. The molecule has 146 valence electrons. The van der Waals surface area contributed by atoms with Crippen LogP contribution in [0.4, 0.5) is 5.69 Å². The molecule has 1 saturated carbocycles. The summed E-state index contributed by atoms with van der Waals surface area (Å²) in [6.07, 6.45) is 7.60. The van der Waals surface area contributed by atoms with E-state index in [2.05, 4.69) is 21.7 Å². The molecule has 0 radical (unpaired) electrons. The zero-order valence-corrected chi connectivity index (χ0v) is 15.6. The molecule has 3 heterocycles. The lowest BCUT2D eigenvalue weighted by molar-refractivity contribution is -0.126. The van der Waals surface area contributed by atoms with E-state index >= 15 is 0 Å². The van der Waals surface area contributed by atoms with E-state index < -0.39 is 12.1 Å². The zero-order valence-electron chi connectivity index (χ0n) is 15.6. The van der Waals surface area contributed by atoms with Crippen molar-refractivity contribution >= 4 is 23.7 Å². The Labute approximate surface area is 162 Å². The van der Waals surface area contributed by atoms with Gasteiger partial charge in [-0.3, -0.25) is 19.4 Å². The Balaban J connectivity index is 1.53. The van der Waals surface area contributed by atoms with Crippen LogP contribution in [0.15, 0.2) is 22.1 Å². The van der Waals surface area contributed by atoms with Gasteiger partial charge in [0, 0.05) is 31.3 Å². The number of pyridine rings is 1. The first-order valence-corrected chi connectivity index (χ1v) is 9.81. The normalized spacial score (nSPS) is 22.2. The van der Waals surface area contributed by atoms with E-state index in [0.717, 1.165) is 18.4 Å². The third-order valence-corrected chi connectivity index (χ3v) is 5.76. The number of carbonyl (C=O) groups excluding carboxylic acids is 2. The summed E-state index contributed by atoms with van der Waals surface area (Å²) in [4.78, 5) is 41.8. The average molecular weight is 381 g/mol. The number of hydrogen-bond donors (Lipinski definition) is 2. The molecule has 0 unspecified atom stereocenters. The Morgan fingerprint density at radius 2 is 2.18 bits per heavy atom. The van der Waals surface area contributed by atoms with Crippen LogP contribution in [0.3, 0.4) is 0 Å². The molecule has 2 amide bonds. The summed E-state index contributed by atoms with van der Waals surface area (Å²) in [5.41, 5.74) is 1.00. The Hall–Kier alpha value is -2.95. The van der Waals surface area contributed by atoms with E-state index in [4.69, 9.17) is 0 Å². The lowest BCUT2D eigenvalue weighted by Gasteiger charge is -2.22. The quantitative estimate of drug-likeness (QED) is 0.732. The maximum Gasteiger partial charge on any atom is 0.277 e. The van der Waals surface area contributed by atoms with Crippen LogP contribution in [0.25, 0.3) is 0 Å². The number of carbonyl (C=O) groups is 2. The fourth-order valence-corrected chi connectivity index (χ4v) is 3.94. The van der Waals surface area contributed by atoms with Crippen LogP contribution in [-0.4, -0.2) is 35.2 Å². The number of hydrogen-bond acceptors (Lipinski definition) is 5. The van der Waals surface area contributed by atoms with Gasteiger partial charge in [0.05, 0.1) is 6.07 Å². The third-order valence-electron chi connectivity index (χ3n) is 5.76. The van der Waals surface area contributed by atoms with Crippen molar-refractivity contribution in [3.05, 3.63) is 28.2 Å². The van der Waals surface area contributed by atoms with E-state index in [1.807, 2.05) is 6.07 Å². The SMILES string of the molecule is N#C[C@H](C[C@@H]1CCNC1=O)NC(=O)[C@H](CC1CC1)n1ccc2c(c1=O)N=CC2. The molecule has 0 spiro atoms. The van der Waals surface area contributed by atoms with Gasteiger partial charge in [-0.1, -0.05) is 12.8 Å². The van der Waals surface area contributed by atoms with E-state index in [9.17, 15) is 19.6 Å². The molecule has 1 saturated heterocycles. The largest absolute Gasteiger partial charge is 0.356 e. The van der Waals surface area contributed by atoms with Crippen molar-refractivity contribution in [1.82, 2.24) is 15.2 Å². The van der Waals surface area contributed by atoms with Crippen molar-refractivity contribution in [3.8, 4) is 6.07 Å². The molecule has 28 heavy (non-hydrogen) atoms. The summed E-state index contributed by atoms with van der Waals surface area (Å²) in [5.74, 6) is -0.262. The van der Waals surface area contributed by atoms with E-state index in [1.165, 1.54) is 4.57 Å². The lowest BCUT2D eigenvalue weighted by atomic mass is 9.98. The molecule has 2 aliphatic heterocycles. The lowest BCUT2D eigenvalue weighted by Crippen LogP contribution is -2.43. The minimum atomic E-state index is -0.758. The van der Waals surface area contributed by atoms with Crippen LogP contribution in [0, 0.1) is 23.2 Å². The van der Waals surface area contributed by atoms with E-state index in [1.54, 1.807) is 12.4 Å². The monoisotopic (exact) mass is 381 g/mol. The second kappa shape index (κ2) is 7.58. The molecular formula is C20H23N5O3. The maximum atomic E-state index is 13.0. The van der Waals surface area contributed by atoms with Gasteiger partial charge in [-0.05, 0) is 36.8 Å². The molecular weight excluding hydrogens is 358 g/mol. The van der Waals surface area contributed by atoms with Crippen molar-refractivity contribution in [2.24, 2.45) is 16.8 Å². The van der Waals surface area contributed by atoms with E-state index in [0.29, 0.717) is 37.4 Å². The minimum absolute atomic E-state index is 0.0725. The highest BCUT2D eigenvalue weighted by Gasteiger charge is 2.34. The predicted octanol–water partition coefficient (Wildman–Crippen LogP) is 0.982. The first-order chi connectivity index (χ1) is 13.6. The van der Waals surface area contributed by atoms with Gasteiger partial charge in [0.25, 0.3) is 5.56 Å². The maximum absolute atomic E-state index is 13.0. The summed E-state index contributed by atoms with van der Waals surface area (Å²) in [6, 6.07) is 2.49. The molecule has 1 aromatic heterocycles. The highest BCUT2D eigenvalue weighted by Crippen LogP contribution is 2.37. The molecule has 1 aromatic rings. The fraction of sp³-hybridized carbons (Fsp3) is 0.550. The van der Waals surface area contributed by atoms with E-state index in [-0.39, 0.29) is 29.7 Å². The van der Waals surface area contributed by atoms with Crippen molar-refractivity contribution in [2.45, 2.75) is 50.6 Å². The molecule has 1 aliphatic carbocycles. The van der Waals surface area contributed by atoms with Crippen LogP contribution in [0.1, 0.15) is 43.7 Å². The summed E-state index contributed by atoms with van der Waals surface area (Å²) in [7, 11) is 0. The molecule has 0 bridgehead atoms. The molecule has 0 aromatic carbocycles. The summed E-state index contributed by atoms with van der Waals surface area (Å²) in [5, 5.41) is 15.0. The molecule has 3 aliphatic rings. The summed E-state index contributed by atoms with van der Waals surface area (Å²) < 4.78 is 1.45. The van der Waals surface area contributed by atoms with Crippen molar-refractivity contribution in [2.75, 3.05) is 6.54 Å². The number of nitrogens with one attached hydrogen (secondary N) is 2. The summed E-state index contributed by atoms with van der Waals surface area (Å²) >= 11 is 0. The van der Waals surface area contributed by atoms with Gasteiger partial charge in [0.2, 0.25) is 11.8 Å². The van der Waals surface area contributed by atoms with Gasteiger partial charge in [-0.2, -0.15) is 5.26 Å². The summed E-state index contributed by atoms with van der Waals surface area (Å²) in [6.45, 7) is 0.602. The number of amides is 2. The van der Waals surface area contributed by atoms with Crippen LogP contribution in [0.5, 0.6) is 0 Å². The van der Waals surface area contributed by atoms with Gasteiger partial charge in [-0.15, -0.1) is 0 Å². The Morgan fingerprint density at radius 3 is 2.86 bits per heavy atom. The van der Waals surface area contributed by atoms with Crippen molar-refractivity contribution in [1.29, 1.82) is 5.26 Å². The molecule has 8 nitrogen and oxygen atoms in total. The third kappa shape index (κ3) is 3.70. The number of aromatic nitrogens is 1. The Bertz CT molecular complexity index is 925. The smallest absolute Gasteiger partial charge is 0.277 e. The highest BCUT2D eigenvalue weighted by molar-refractivity contribution is 5.82. The van der Waals surface area contributed by atoms with Crippen LogP contribution < -0.4 is 16.2 Å². The van der Waals surface area contributed by atoms with Crippen LogP contribution in [0.2, 0.25) is 0 Å². The predicted molar refractivity (Wildman–Crippen MR) is 102 cm³/mol. The average Bonchev–Trinajstić information content (AvgIpc) is 3.21. The number of nitrogens with zero attached hydrogens (tertiary/aromatic N) is 3.